The second-order valence-electron chi connectivity index (χ2n) is 6.25. The first-order valence-corrected chi connectivity index (χ1v) is 8.53. The number of amides is 3. The van der Waals surface area contributed by atoms with Crippen molar-refractivity contribution in [2.75, 3.05) is 5.75 Å². The van der Waals surface area contributed by atoms with Crippen molar-refractivity contribution in [1.82, 2.24) is 10.6 Å². The topological polar surface area (TPSA) is 127 Å². The molecule has 0 aliphatic rings. The average Bonchev–Trinajstić information content (AvgIpc) is 2.47. The molecule has 0 aromatic heterocycles. The Balaban J connectivity index is 4.97. The van der Waals surface area contributed by atoms with Gasteiger partial charge in [-0.2, -0.15) is 12.6 Å². The van der Waals surface area contributed by atoms with Crippen LogP contribution in [-0.2, 0) is 14.4 Å². The van der Waals surface area contributed by atoms with Gasteiger partial charge in [0, 0.05) is 5.75 Å². The third kappa shape index (κ3) is 7.69. The van der Waals surface area contributed by atoms with Gasteiger partial charge in [-0.1, -0.05) is 34.1 Å². The van der Waals surface area contributed by atoms with E-state index in [2.05, 4.69) is 23.3 Å². The minimum absolute atomic E-state index is 0.0924. The number of nitrogens with one attached hydrogen (secondary N) is 2. The molecule has 0 aliphatic carbocycles. The standard InChI is InChI=1S/C15H30N4O3S/c1-5-9(4)12(15(22)18-11(7-23)13(17)20)19-14(21)10(16)6-8(2)3/h8-12,23H,5-7,16H2,1-4H3,(H2,17,20)(H,18,22)(H,19,21)/t9-,10-,11-,12-/m0/s1. The highest BCUT2D eigenvalue weighted by molar-refractivity contribution is 7.80. The SMILES string of the molecule is CC[C@H](C)[C@H](NC(=O)[C@@H](N)CC(C)C)C(=O)N[C@@H](CS)C(N)=O. The molecule has 0 saturated carbocycles. The van der Waals surface area contributed by atoms with Crippen LogP contribution in [0.2, 0.25) is 0 Å². The van der Waals surface area contributed by atoms with Crippen molar-refractivity contribution in [2.24, 2.45) is 23.3 Å². The smallest absolute Gasteiger partial charge is 0.243 e. The number of primary amides is 1. The summed E-state index contributed by atoms with van der Waals surface area (Å²) < 4.78 is 0. The Morgan fingerprint density at radius 3 is 2.04 bits per heavy atom. The van der Waals surface area contributed by atoms with Crippen molar-refractivity contribution in [1.29, 1.82) is 0 Å². The number of rotatable bonds is 10. The molecule has 6 N–H and O–H groups in total. The van der Waals surface area contributed by atoms with Crippen LogP contribution in [0.25, 0.3) is 0 Å². The van der Waals surface area contributed by atoms with E-state index in [0.717, 1.165) is 0 Å². The predicted molar refractivity (Wildman–Crippen MR) is 93.8 cm³/mol. The van der Waals surface area contributed by atoms with Gasteiger partial charge >= 0.3 is 0 Å². The second-order valence-corrected chi connectivity index (χ2v) is 6.62. The fourth-order valence-electron chi connectivity index (χ4n) is 2.05. The van der Waals surface area contributed by atoms with E-state index in [1.807, 2.05) is 27.7 Å². The number of hydrogen-bond acceptors (Lipinski definition) is 5. The Hall–Kier alpha value is -1.28. The molecule has 0 saturated heterocycles. The van der Waals surface area contributed by atoms with Gasteiger partial charge in [0.25, 0.3) is 0 Å². The first kappa shape index (κ1) is 21.7. The largest absolute Gasteiger partial charge is 0.368 e. The molecule has 0 aromatic rings. The monoisotopic (exact) mass is 346 g/mol. The number of nitrogens with two attached hydrogens (primary N) is 2. The maximum absolute atomic E-state index is 12.4. The summed E-state index contributed by atoms with van der Waals surface area (Å²) in [7, 11) is 0. The third-order valence-corrected chi connectivity index (χ3v) is 4.06. The summed E-state index contributed by atoms with van der Waals surface area (Å²) in [5.41, 5.74) is 11.1. The molecular formula is C15H30N4O3S. The van der Waals surface area contributed by atoms with Crippen LogP contribution in [0.15, 0.2) is 0 Å². The Labute approximate surface area is 143 Å². The van der Waals surface area contributed by atoms with Crippen LogP contribution in [0.1, 0.15) is 40.5 Å². The second kappa shape index (κ2) is 10.5. The highest BCUT2D eigenvalue weighted by Crippen LogP contribution is 2.10. The molecule has 0 aromatic carbocycles. The van der Waals surface area contributed by atoms with E-state index in [1.54, 1.807) is 0 Å². The van der Waals surface area contributed by atoms with Crippen LogP contribution >= 0.6 is 12.6 Å². The molecule has 7 nitrogen and oxygen atoms in total. The van der Waals surface area contributed by atoms with Crippen LogP contribution in [0, 0.1) is 11.8 Å². The van der Waals surface area contributed by atoms with E-state index in [4.69, 9.17) is 11.5 Å². The van der Waals surface area contributed by atoms with Gasteiger partial charge in [0.1, 0.15) is 12.1 Å². The molecule has 0 heterocycles. The highest BCUT2D eigenvalue weighted by atomic mass is 32.1. The Kier molecular flexibility index (Phi) is 9.90. The molecule has 0 radical (unpaired) electrons. The van der Waals surface area contributed by atoms with Crippen molar-refractivity contribution < 1.29 is 14.4 Å². The minimum Gasteiger partial charge on any atom is -0.368 e. The third-order valence-electron chi connectivity index (χ3n) is 3.70. The zero-order chi connectivity index (χ0) is 18.2. The summed E-state index contributed by atoms with van der Waals surface area (Å²) >= 11 is 3.99. The van der Waals surface area contributed by atoms with Gasteiger partial charge in [-0.15, -0.1) is 0 Å². The molecule has 8 heteroatoms. The summed E-state index contributed by atoms with van der Waals surface area (Å²) in [6, 6.07) is -2.32. The molecule has 134 valence electrons. The zero-order valence-corrected chi connectivity index (χ0v) is 15.2. The number of hydrogen-bond donors (Lipinski definition) is 5. The summed E-state index contributed by atoms with van der Waals surface area (Å²) in [5.74, 6) is -1.24. The van der Waals surface area contributed by atoms with Crippen LogP contribution in [-0.4, -0.2) is 41.6 Å². The lowest BCUT2D eigenvalue weighted by Crippen LogP contribution is -2.57. The van der Waals surface area contributed by atoms with Crippen LogP contribution in [0.5, 0.6) is 0 Å². The molecule has 0 bridgehead atoms. The summed E-state index contributed by atoms with van der Waals surface area (Å²) in [6.45, 7) is 7.69. The van der Waals surface area contributed by atoms with Gasteiger partial charge in [-0.3, -0.25) is 14.4 Å². The fraction of sp³-hybridized carbons (Fsp3) is 0.800. The summed E-state index contributed by atoms with van der Waals surface area (Å²) in [5, 5.41) is 5.21. The maximum atomic E-state index is 12.4. The van der Waals surface area contributed by atoms with Crippen LogP contribution < -0.4 is 22.1 Å². The lowest BCUT2D eigenvalue weighted by molar-refractivity contribution is -0.132. The molecule has 4 atom stereocenters. The molecule has 0 spiro atoms. The Morgan fingerprint density at radius 2 is 1.65 bits per heavy atom. The Bertz CT molecular complexity index is 418. The van der Waals surface area contributed by atoms with Gasteiger partial charge in [0.15, 0.2) is 0 Å². The van der Waals surface area contributed by atoms with Gasteiger partial charge in [-0.25, -0.2) is 0 Å². The minimum atomic E-state index is -0.876. The normalized spacial score (nSPS) is 16.3. The molecule has 0 unspecified atom stereocenters. The predicted octanol–water partition coefficient (Wildman–Crippen LogP) is -0.209. The van der Waals surface area contributed by atoms with Gasteiger partial charge < -0.3 is 22.1 Å². The van der Waals surface area contributed by atoms with E-state index in [0.29, 0.717) is 12.8 Å². The highest BCUT2D eigenvalue weighted by Gasteiger charge is 2.30. The summed E-state index contributed by atoms with van der Waals surface area (Å²) in [6.07, 6.45) is 1.21. The molecule has 0 rings (SSSR count). The van der Waals surface area contributed by atoms with E-state index < -0.39 is 29.9 Å². The van der Waals surface area contributed by atoms with Crippen molar-refractivity contribution in [3.8, 4) is 0 Å². The molecule has 3 amide bonds. The molecule has 0 aliphatic heterocycles. The quantitative estimate of drug-likeness (QED) is 0.351. The van der Waals surface area contributed by atoms with Crippen molar-refractivity contribution in [2.45, 2.75) is 58.7 Å². The van der Waals surface area contributed by atoms with Gasteiger partial charge in [0.2, 0.25) is 17.7 Å². The van der Waals surface area contributed by atoms with E-state index >= 15 is 0 Å². The van der Waals surface area contributed by atoms with Gasteiger partial charge in [0.05, 0.1) is 6.04 Å². The van der Waals surface area contributed by atoms with E-state index in [-0.39, 0.29) is 23.5 Å². The summed E-state index contributed by atoms with van der Waals surface area (Å²) in [4.78, 5) is 35.8. The zero-order valence-electron chi connectivity index (χ0n) is 14.3. The van der Waals surface area contributed by atoms with Crippen molar-refractivity contribution >= 4 is 30.4 Å². The molecular weight excluding hydrogens is 316 g/mol. The molecule has 23 heavy (non-hydrogen) atoms. The van der Waals surface area contributed by atoms with E-state index in [9.17, 15) is 14.4 Å². The average molecular weight is 346 g/mol. The van der Waals surface area contributed by atoms with Crippen molar-refractivity contribution in [3.63, 3.8) is 0 Å². The fourth-order valence-corrected chi connectivity index (χ4v) is 2.32. The van der Waals surface area contributed by atoms with Crippen LogP contribution in [0.3, 0.4) is 0 Å². The molecule has 0 fully saturated rings. The van der Waals surface area contributed by atoms with Crippen molar-refractivity contribution in [3.05, 3.63) is 0 Å². The lowest BCUT2D eigenvalue weighted by Gasteiger charge is -2.26. The first-order chi connectivity index (χ1) is 10.6. The number of carbonyl (C=O) groups is 3. The van der Waals surface area contributed by atoms with Crippen LogP contribution in [0.4, 0.5) is 0 Å². The lowest BCUT2D eigenvalue weighted by atomic mass is 9.96. The first-order valence-electron chi connectivity index (χ1n) is 7.90. The van der Waals surface area contributed by atoms with Gasteiger partial charge in [-0.05, 0) is 18.3 Å². The Morgan fingerprint density at radius 1 is 1.09 bits per heavy atom. The van der Waals surface area contributed by atoms with E-state index in [1.165, 1.54) is 0 Å². The number of thiol groups is 1. The maximum Gasteiger partial charge on any atom is 0.243 e. The number of carbonyl (C=O) groups excluding carboxylic acids is 3.